The van der Waals surface area contributed by atoms with E-state index in [4.69, 9.17) is 20.9 Å². The Balaban J connectivity index is 1.35. The third-order valence-electron chi connectivity index (χ3n) is 7.56. The smallest absolute Gasteiger partial charge is 0.263 e. The zero-order chi connectivity index (χ0) is 29.3. The summed E-state index contributed by atoms with van der Waals surface area (Å²) in [7, 11) is -4.11. The number of benzene rings is 2. The predicted octanol–water partition coefficient (Wildman–Crippen LogP) is 5.76. The Hall–Kier alpha value is -4.22. The molecule has 3 heterocycles. The molecule has 1 amide bonds. The molecule has 6 rings (SSSR count). The Morgan fingerprint density at radius 2 is 1.86 bits per heavy atom. The van der Waals surface area contributed by atoms with Gasteiger partial charge in [-0.1, -0.05) is 66.0 Å². The van der Waals surface area contributed by atoms with Gasteiger partial charge in [-0.3, -0.25) is 19.4 Å². The van der Waals surface area contributed by atoms with Gasteiger partial charge in [-0.25, -0.2) is 13.4 Å². The van der Waals surface area contributed by atoms with Crippen molar-refractivity contribution in [3.63, 3.8) is 0 Å². The van der Waals surface area contributed by atoms with Crippen molar-refractivity contribution in [1.82, 2.24) is 15.0 Å². The third-order valence-corrected chi connectivity index (χ3v) is 9.40. The van der Waals surface area contributed by atoms with Crippen molar-refractivity contribution in [3.8, 4) is 17.0 Å². The lowest BCUT2D eigenvalue weighted by Gasteiger charge is -2.21. The molecule has 1 N–H and O–H groups in total. The molecule has 1 fully saturated rings. The zero-order valence-electron chi connectivity index (χ0n) is 22.8. The molecule has 12 heteroatoms. The van der Waals surface area contributed by atoms with Gasteiger partial charge in [-0.15, -0.1) is 0 Å². The van der Waals surface area contributed by atoms with Crippen LogP contribution in [0.2, 0.25) is 5.02 Å². The maximum atomic E-state index is 13.6. The Kier molecular flexibility index (Phi) is 7.46. The lowest BCUT2D eigenvalue weighted by atomic mass is 9.96. The number of hydrogen-bond donors (Lipinski definition) is 1. The van der Waals surface area contributed by atoms with Crippen LogP contribution in [-0.2, 0) is 28.0 Å². The molecule has 0 atom stereocenters. The number of amides is 1. The molecule has 0 unspecified atom stereocenters. The minimum atomic E-state index is -4.11. The van der Waals surface area contributed by atoms with Crippen LogP contribution in [0, 0.1) is 6.92 Å². The zero-order valence-corrected chi connectivity index (χ0v) is 24.4. The Bertz CT molecular complexity index is 1770. The molecule has 42 heavy (non-hydrogen) atoms. The summed E-state index contributed by atoms with van der Waals surface area (Å²) in [6.07, 6.45) is 6.84. The molecule has 2 aliphatic rings. The first-order chi connectivity index (χ1) is 20.3. The fourth-order valence-electron chi connectivity index (χ4n) is 5.41. The molecule has 0 bridgehead atoms. The molecular weight excluding hydrogens is 578 g/mol. The number of halogens is 1. The molecule has 1 aliphatic carbocycles. The Morgan fingerprint density at radius 1 is 1.07 bits per heavy atom. The fraction of sp³-hybridized carbons (Fsp3) is 0.267. The van der Waals surface area contributed by atoms with E-state index in [1.807, 2.05) is 24.3 Å². The minimum Gasteiger partial charge on any atom is -0.473 e. The maximum absolute atomic E-state index is 13.6. The van der Waals surface area contributed by atoms with Gasteiger partial charge in [0.2, 0.25) is 11.7 Å². The monoisotopic (exact) mass is 605 g/mol. The lowest BCUT2D eigenvalue weighted by molar-refractivity contribution is -0.131. The average Bonchev–Trinajstić information content (AvgIpc) is 3.69. The van der Waals surface area contributed by atoms with E-state index in [1.54, 1.807) is 54.7 Å². The SMILES string of the molecule is Cc1onc(NS(=O)(=O)c2ccccc2-c2ccc(CN3C=NC4(CCCC4)C3=O)cc2COc2ccccn2)c1Cl. The minimum absolute atomic E-state index is 0.0265. The van der Waals surface area contributed by atoms with Crippen molar-refractivity contribution in [2.75, 3.05) is 4.72 Å². The average molecular weight is 606 g/mol. The summed E-state index contributed by atoms with van der Waals surface area (Å²) in [6.45, 7) is 2.04. The first-order valence-corrected chi connectivity index (χ1v) is 15.4. The van der Waals surface area contributed by atoms with E-state index in [-0.39, 0.29) is 28.3 Å². The number of nitrogens with zero attached hydrogens (tertiary/aromatic N) is 4. The van der Waals surface area contributed by atoms with Crippen LogP contribution >= 0.6 is 11.6 Å². The summed E-state index contributed by atoms with van der Waals surface area (Å²) >= 11 is 6.18. The van der Waals surface area contributed by atoms with Crippen molar-refractivity contribution in [2.24, 2.45) is 4.99 Å². The standard InChI is InChI=1S/C30H28ClN5O5S/c1-20-27(31)28(34-41-20)35-42(38,39)25-9-3-2-8-24(25)23-12-11-21(16-22(23)18-40-26-10-4-7-15-32-26)17-36-19-33-30(29(36)37)13-5-6-14-30/h2-4,7-12,15-16,19H,5-6,13-14,17-18H2,1H3,(H,34,35). The van der Waals surface area contributed by atoms with Crippen LogP contribution in [0.25, 0.3) is 11.1 Å². The number of rotatable bonds is 9. The summed E-state index contributed by atoms with van der Waals surface area (Å²) in [5.74, 6) is 0.666. The van der Waals surface area contributed by atoms with E-state index in [2.05, 4.69) is 19.9 Å². The van der Waals surface area contributed by atoms with Gasteiger partial charge in [-0.2, -0.15) is 0 Å². The van der Waals surface area contributed by atoms with Crippen LogP contribution < -0.4 is 9.46 Å². The van der Waals surface area contributed by atoms with Gasteiger partial charge < -0.3 is 9.26 Å². The second kappa shape index (κ2) is 11.2. The largest absolute Gasteiger partial charge is 0.473 e. The number of aliphatic imine (C=N–C) groups is 1. The molecule has 1 aliphatic heterocycles. The first kappa shape index (κ1) is 27.9. The van der Waals surface area contributed by atoms with Gasteiger partial charge in [0.15, 0.2) is 5.76 Å². The molecule has 216 valence electrons. The number of nitrogens with one attached hydrogen (secondary N) is 1. The van der Waals surface area contributed by atoms with Gasteiger partial charge in [0.05, 0.1) is 17.8 Å². The predicted molar refractivity (Wildman–Crippen MR) is 158 cm³/mol. The van der Waals surface area contributed by atoms with Crippen molar-refractivity contribution >= 4 is 39.7 Å². The van der Waals surface area contributed by atoms with E-state index in [0.717, 1.165) is 36.8 Å². The van der Waals surface area contributed by atoms with Crippen LogP contribution in [0.3, 0.4) is 0 Å². The molecule has 0 saturated heterocycles. The van der Waals surface area contributed by atoms with Crippen LogP contribution in [0.4, 0.5) is 5.82 Å². The molecule has 4 aromatic rings. The normalized spacial score (nSPS) is 16.0. The highest BCUT2D eigenvalue weighted by Crippen LogP contribution is 2.38. The van der Waals surface area contributed by atoms with Crippen LogP contribution in [0.1, 0.15) is 42.6 Å². The van der Waals surface area contributed by atoms with Crippen LogP contribution in [0.5, 0.6) is 5.88 Å². The van der Waals surface area contributed by atoms with Crippen molar-refractivity contribution in [1.29, 1.82) is 0 Å². The maximum Gasteiger partial charge on any atom is 0.263 e. The number of ether oxygens (including phenoxy) is 1. The number of aryl methyl sites for hydroxylation is 1. The molecule has 2 aromatic carbocycles. The quantitative estimate of drug-likeness (QED) is 0.257. The van der Waals surface area contributed by atoms with E-state index >= 15 is 0 Å². The summed E-state index contributed by atoms with van der Waals surface area (Å²) < 4.78 is 40.6. The first-order valence-electron chi connectivity index (χ1n) is 13.5. The number of pyridine rings is 1. The lowest BCUT2D eigenvalue weighted by Crippen LogP contribution is -2.38. The summed E-state index contributed by atoms with van der Waals surface area (Å²) in [5, 5.41) is 3.82. The summed E-state index contributed by atoms with van der Waals surface area (Å²) in [5.41, 5.74) is 2.06. The van der Waals surface area contributed by atoms with E-state index < -0.39 is 15.6 Å². The van der Waals surface area contributed by atoms with Gasteiger partial charge >= 0.3 is 0 Å². The second-order valence-corrected chi connectivity index (χ2v) is 12.4. The highest BCUT2D eigenvalue weighted by molar-refractivity contribution is 7.92. The third kappa shape index (κ3) is 5.37. The van der Waals surface area contributed by atoms with Gasteiger partial charge in [0.1, 0.15) is 17.2 Å². The number of aromatic nitrogens is 2. The number of carbonyl (C=O) groups is 1. The van der Waals surface area contributed by atoms with E-state index in [9.17, 15) is 13.2 Å². The Morgan fingerprint density at radius 3 is 2.60 bits per heavy atom. The van der Waals surface area contributed by atoms with Gasteiger partial charge in [0, 0.05) is 17.8 Å². The van der Waals surface area contributed by atoms with Crippen molar-refractivity contribution in [2.45, 2.75) is 56.2 Å². The molecular formula is C30H28ClN5O5S. The van der Waals surface area contributed by atoms with E-state index in [0.29, 0.717) is 29.3 Å². The van der Waals surface area contributed by atoms with Crippen molar-refractivity contribution in [3.05, 3.63) is 88.8 Å². The van der Waals surface area contributed by atoms with Gasteiger partial charge in [-0.05, 0) is 54.7 Å². The number of sulfonamides is 1. The molecule has 10 nitrogen and oxygen atoms in total. The molecule has 1 spiro atoms. The second-order valence-electron chi connectivity index (χ2n) is 10.4. The highest BCUT2D eigenvalue weighted by Gasteiger charge is 2.46. The number of hydrogen-bond acceptors (Lipinski definition) is 8. The molecule has 1 saturated carbocycles. The van der Waals surface area contributed by atoms with Crippen LogP contribution in [-0.4, -0.2) is 41.2 Å². The van der Waals surface area contributed by atoms with Crippen molar-refractivity contribution < 1.29 is 22.5 Å². The number of anilines is 1. The topological polar surface area (TPSA) is 127 Å². The molecule has 2 aromatic heterocycles. The number of carbonyl (C=O) groups excluding carboxylic acids is 1. The van der Waals surface area contributed by atoms with Crippen LogP contribution in [0.15, 0.2) is 81.3 Å². The van der Waals surface area contributed by atoms with E-state index in [1.165, 1.54) is 6.07 Å². The molecule has 0 radical (unpaired) electrons. The Labute approximate surface area is 248 Å². The fourth-order valence-corrected chi connectivity index (χ4v) is 6.81. The summed E-state index contributed by atoms with van der Waals surface area (Å²) in [6, 6.07) is 17.7. The van der Waals surface area contributed by atoms with Gasteiger partial charge in [0.25, 0.3) is 15.9 Å². The summed E-state index contributed by atoms with van der Waals surface area (Å²) in [4.78, 5) is 23.7. The highest BCUT2D eigenvalue weighted by atomic mass is 35.5.